The van der Waals surface area contributed by atoms with Crippen LogP contribution in [0.4, 0.5) is 11.5 Å². The predicted molar refractivity (Wildman–Crippen MR) is 99.3 cm³/mol. The Balaban J connectivity index is 1.67. The van der Waals surface area contributed by atoms with E-state index in [-0.39, 0.29) is 11.6 Å². The maximum atomic E-state index is 12.2. The number of fused-ring (bicyclic) bond motifs is 1. The lowest BCUT2D eigenvalue weighted by Crippen LogP contribution is -2.21. The van der Waals surface area contributed by atoms with Crippen LogP contribution in [0.15, 0.2) is 53.5 Å². The van der Waals surface area contributed by atoms with E-state index in [9.17, 15) is 4.79 Å². The molecule has 0 spiro atoms. The highest BCUT2D eigenvalue weighted by Crippen LogP contribution is 2.22. The second-order valence-electron chi connectivity index (χ2n) is 6.20. The monoisotopic (exact) mass is 347 g/mol. The highest BCUT2D eigenvalue weighted by Gasteiger charge is 2.08. The predicted octanol–water partition coefficient (Wildman–Crippen LogP) is 2.90. The van der Waals surface area contributed by atoms with Crippen LogP contribution in [0.5, 0.6) is 0 Å². The molecule has 0 aliphatic carbocycles. The molecule has 0 atom stereocenters. The van der Waals surface area contributed by atoms with Gasteiger partial charge >= 0.3 is 0 Å². The number of aromatic nitrogens is 6. The van der Waals surface area contributed by atoms with E-state index in [0.29, 0.717) is 11.6 Å². The van der Waals surface area contributed by atoms with Crippen molar-refractivity contribution in [3.8, 4) is 11.4 Å². The van der Waals surface area contributed by atoms with Gasteiger partial charge < -0.3 is 9.88 Å². The highest BCUT2D eigenvalue weighted by atomic mass is 16.1. The van der Waals surface area contributed by atoms with E-state index in [1.165, 1.54) is 0 Å². The van der Waals surface area contributed by atoms with Gasteiger partial charge in [0.25, 0.3) is 5.56 Å². The molecule has 0 aliphatic rings. The van der Waals surface area contributed by atoms with E-state index in [2.05, 4.69) is 30.9 Å². The van der Waals surface area contributed by atoms with Crippen molar-refractivity contribution in [1.82, 2.24) is 30.2 Å². The van der Waals surface area contributed by atoms with Gasteiger partial charge in [-0.25, -0.2) is 4.98 Å². The van der Waals surface area contributed by atoms with Crippen LogP contribution in [0.2, 0.25) is 0 Å². The molecule has 3 heterocycles. The van der Waals surface area contributed by atoms with Gasteiger partial charge in [0, 0.05) is 41.0 Å². The quantitative estimate of drug-likeness (QED) is 0.588. The maximum absolute atomic E-state index is 12.2. The van der Waals surface area contributed by atoms with Crippen LogP contribution < -0.4 is 10.9 Å². The summed E-state index contributed by atoms with van der Waals surface area (Å²) < 4.78 is 1.77. The lowest BCUT2D eigenvalue weighted by Gasteiger charge is -2.14. The Bertz CT molecular complexity index is 1100. The van der Waals surface area contributed by atoms with E-state index < -0.39 is 0 Å². The molecule has 0 fully saturated rings. The van der Waals surface area contributed by atoms with Gasteiger partial charge in [-0.1, -0.05) is 0 Å². The number of nitrogens with one attached hydrogen (secondary N) is 2. The zero-order chi connectivity index (χ0) is 18.1. The van der Waals surface area contributed by atoms with Crippen LogP contribution in [0.25, 0.3) is 22.3 Å². The average molecular weight is 347 g/mol. The second-order valence-corrected chi connectivity index (χ2v) is 6.20. The van der Waals surface area contributed by atoms with Crippen LogP contribution in [-0.2, 0) is 0 Å². The Kier molecular flexibility index (Phi) is 3.92. The number of tetrazole rings is 1. The van der Waals surface area contributed by atoms with Gasteiger partial charge in [0.05, 0.1) is 5.52 Å². The van der Waals surface area contributed by atoms with Gasteiger partial charge in [-0.2, -0.15) is 5.21 Å². The smallest absolute Gasteiger partial charge is 0.251 e. The minimum atomic E-state index is -0.0193. The van der Waals surface area contributed by atoms with Crippen LogP contribution in [0.3, 0.4) is 0 Å². The van der Waals surface area contributed by atoms with Crippen molar-refractivity contribution < 1.29 is 0 Å². The number of rotatable bonds is 4. The molecule has 3 aromatic heterocycles. The molecule has 130 valence electrons. The van der Waals surface area contributed by atoms with Gasteiger partial charge in [0.2, 0.25) is 5.82 Å². The molecule has 0 bridgehead atoms. The molecule has 0 saturated carbocycles. The Morgan fingerprint density at radius 1 is 1.12 bits per heavy atom. The van der Waals surface area contributed by atoms with Crippen molar-refractivity contribution in [2.75, 3.05) is 5.32 Å². The molecule has 4 rings (SSSR count). The normalized spacial score (nSPS) is 11.2. The first-order chi connectivity index (χ1) is 12.6. The largest absolute Gasteiger partial charge is 0.340 e. The summed E-state index contributed by atoms with van der Waals surface area (Å²) in [5, 5.41) is 18.1. The number of nitrogens with zero attached hydrogens (tertiary/aromatic N) is 5. The van der Waals surface area contributed by atoms with E-state index in [1.807, 2.05) is 44.2 Å². The fourth-order valence-corrected chi connectivity index (χ4v) is 2.89. The summed E-state index contributed by atoms with van der Waals surface area (Å²) in [6.45, 7) is 3.98. The van der Waals surface area contributed by atoms with Crippen LogP contribution in [0, 0.1) is 0 Å². The number of anilines is 2. The average Bonchev–Trinajstić information content (AvgIpc) is 3.16. The van der Waals surface area contributed by atoms with Crippen LogP contribution in [-0.4, -0.2) is 30.2 Å². The Morgan fingerprint density at radius 2 is 1.92 bits per heavy atom. The van der Waals surface area contributed by atoms with Gasteiger partial charge in [-0.05, 0) is 49.4 Å². The SMILES string of the molecule is CC(C)n1c(=O)ccc2cnc(Nc3ccc(-c4nn[nH]n4)cc3)cc21. The summed E-state index contributed by atoms with van der Waals surface area (Å²) in [5.41, 5.74) is 2.57. The van der Waals surface area contributed by atoms with Crippen LogP contribution >= 0.6 is 0 Å². The molecule has 2 N–H and O–H groups in total. The molecular formula is C18H17N7O. The molecule has 8 heteroatoms. The van der Waals surface area contributed by atoms with Crippen molar-refractivity contribution in [2.24, 2.45) is 0 Å². The summed E-state index contributed by atoms with van der Waals surface area (Å²) in [5.74, 6) is 1.21. The number of hydrogen-bond acceptors (Lipinski definition) is 6. The van der Waals surface area contributed by atoms with E-state index in [0.717, 1.165) is 22.2 Å². The number of aromatic amines is 1. The third-order valence-electron chi connectivity index (χ3n) is 4.09. The molecule has 4 aromatic rings. The number of benzene rings is 1. The zero-order valence-electron chi connectivity index (χ0n) is 14.3. The highest BCUT2D eigenvalue weighted by molar-refractivity contribution is 5.81. The summed E-state index contributed by atoms with van der Waals surface area (Å²) in [7, 11) is 0. The van der Waals surface area contributed by atoms with E-state index >= 15 is 0 Å². The van der Waals surface area contributed by atoms with Crippen LogP contribution in [0.1, 0.15) is 19.9 Å². The number of hydrogen-bond donors (Lipinski definition) is 2. The molecule has 0 aliphatic heterocycles. The molecule has 0 radical (unpaired) electrons. The molecule has 0 amide bonds. The fraction of sp³-hybridized carbons (Fsp3) is 0.167. The molecule has 0 saturated heterocycles. The fourth-order valence-electron chi connectivity index (χ4n) is 2.89. The first kappa shape index (κ1) is 15.9. The summed E-state index contributed by atoms with van der Waals surface area (Å²) in [6.07, 6.45) is 1.77. The minimum absolute atomic E-state index is 0.0193. The first-order valence-corrected chi connectivity index (χ1v) is 8.24. The molecule has 8 nitrogen and oxygen atoms in total. The number of H-pyrrole nitrogens is 1. The van der Waals surface area contributed by atoms with Gasteiger partial charge in [0.15, 0.2) is 0 Å². The molecular weight excluding hydrogens is 330 g/mol. The Hall–Kier alpha value is -3.55. The summed E-state index contributed by atoms with van der Waals surface area (Å²) >= 11 is 0. The van der Waals surface area contributed by atoms with Crippen molar-refractivity contribution in [1.29, 1.82) is 0 Å². The molecule has 0 unspecified atom stereocenters. The summed E-state index contributed by atoms with van der Waals surface area (Å²) in [4.78, 5) is 16.6. The maximum Gasteiger partial charge on any atom is 0.251 e. The first-order valence-electron chi connectivity index (χ1n) is 8.24. The molecule has 26 heavy (non-hydrogen) atoms. The Labute approximate surface area is 148 Å². The summed E-state index contributed by atoms with van der Waals surface area (Å²) in [6, 6.07) is 13.0. The van der Waals surface area contributed by atoms with Gasteiger partial charge in [-0.3, -0.25) is 4.79 Å². The van der Waals surface area contributed by atoms with Crippen molar-refractivity contribution >= 4 is 22.4 Å². The minimum Gasteiger partial charge on any atom is -0.340 e. The third-order valence-corrected chi connectivity index (χ3v) is 4.09. The van der Waals surface area contributed by atoms with E-state index in [1.54, 1.807) is 22.9 Å². The number of pyridine rings is 2. The Morgan fingerprint density at radius 3 is 2.62 bits per heavy atom. The lowest BCUT2D eigenvalue weighted by atomic mass is 10.2. The van der Waals surface area contributed by atoms with Crippen molar-refractivity contribution in [3.63, 3.8) is 0 Å². The zero-order valence-corrected chi connectivity index (χ0v) is 14.3. The standard InChI is InChI=1S/C18H17N7O/c1-11(2)25-15-9-16(19-10-13(15)5-8-17(25)26)20-14-6-3-12(4-7-14)18-21-23-24-22-18/h3-11H,1-2H3,(H,19,20)(H,21,22,23,24). The van der Waals surface area contributed by atoms with E-state index in [4.69, 9.17) is 0 Å². The van der Waals surface area contributed by atoms with Gasteiger partial charge in [-0.15, -0.1) is 10.2 Å². The second kappa shape index (κ2) is 6.40. The van der Waals surface area contributed by atoms with Gasteiger partial charge in [0.1, 0.15) is 5.82 Å². The van der Waals surface area contributed by atoms with Crippen molar-refractivity contribution in [3.05, 3.63) is 59.0 Å². The third kappa shape index (κ3) is 2.92. The molecule has 1 aromatic carbocycles. The topological polar surface area (TPSA) is 101 Å². The lowest BCUT2D eigenvalue weighted by molar-refractivity contribution is 0.600. The van der Waals surface area contributed by atoms with Crippen molar-refractivity contribution in [2.45, 2.75) is 19.9 Å².